The van der Waals surface area contributed by atoms with Crippen molar-refractivity contribution in [3.63, 3.8) is 0 Å². The van der Waals surface area contributed by atoms with E-state index in [9.17, 15) is 14.9 Å². The second-order valence-corrected chi connectivity index (χ2v) is 5.41. The van der Waals surface area contributed by atoms with E-state index in [4.69, 9.17) is 0 Å². The maximum atomic E-state index is 11.8. The Morgan fingerprint density at radius 3 is 2.83 bits per heavy atom. The van der Waals surface area contributed by atoms with E-state index in [0.717, 1.165) is 24.8 Å². The van der Waals surface area contributed by atoms with E-state index in [-0.39, 0.29) is 11.6 Å². The number of rotatable bonds is 3. The molecule has 0 spiro atoms. The van der Waals surface area contributed by atoms with Crippen LogP contribution in [0.5, 0.6) is 0 Å². The van der Waals surface area contributed by atoms with Crippen LogP contribution in [0.25, 0.3) is 0 Å². The van der Waals surface area contributed by atoms with Crippen LogP contribution in [0.15, 0.2) is 22.7 Å². The largest absolute Gasteiger partial charge is 0.299 e. The Morgan fingerprint density at radius 1 is 1.39 bits per heavy atom. The number of ketones is 1. The van der Waals surface area contributed by atoms with Crippen molar-refractivity contribution in [3.8, 4) is 0 Å². The highest BCUT2D eigenvalue weighted by atomic mass is 79.9. The monoisotopic (exact) mass is 311 g/mol. The lowest BCUT2D eigenvalue weighted by molar-refractivity contribution is -0.385. The number of hydrogen-bond donors (Lipinski definition) is 0. The summed E-state index contributed by atoms with van der Waals surface area (Å²) in [6.07, 6.45) is 4.20. The molecule has 4 nitrogen and oxygen atoms in total. The van der Waals surface area contributed by atoms with Crippen molar-refractivity contribution in [2.45, 2.75) is 32.1 Å². The number of benzene rings is 1. The van der Waals surface area contributed by atoms with Crippen molar-refractivity contribution in [3.05, 3.63) is 38.3 Å². The first-order valence-corrected chi connectivity index (χ1v) is 6.83. The van der Waals surface area contributed by atoms with Gasteiger partial charge in [-0.1, -0.05) is 18.6 Å². The van der Waals surface area contributed by atoms with Crippen LogP contribution in [0, 0.1) is 16.0 Å². The fourth-order valence-corrected chi connectivity index (χ4v) is 2.97. The summed E-state index contributed by atoms with van der Waals surface area (Å²) < 4.78 is 0.508. The Morgan fingerprint density at radius 2 is 2.17 bits per heavy atom. The summed E-state index contributed by atoms with van der Waals surface area (Å²) in [5, 5.41) is 10.8. The van der Waals surface area contributed by atoms with Crippen LogP contribution in [0.3, 0.4) is 0 Å². The summed E-state index contributed by atoms with van der Waals surface area (Å²) in [7, 11) is 0. The van der Waals surface area contributed by atoms with Crippen LogP contribution < -0.4 is 0 Å². The molecule has 0 N–H and O–H groups in total. The van der Waals surface area contributed by atoms with E-state index >= 15 is 0 Å². The topological polar surface area (TPSA) is 60.2 Å². The van der Waals surface area contributed by atoms with E-state index in [2.05, 4.69) is 15.9 Å². The van der Waals surface area contributed by atoms with Gasteiger partial charge in [-0.3, -0.25) is 14.9 Å². The maximum absolute atomic E-state index is 11.8. The minimum absolute atomic E-state index is 0.0251. The lowest BCUT2D eigenvalue weighted by Crippen LogP contribution is -2.21. The first-order valence-electron chi connectivity index (χ1n) is 6.04. The standard InChI is InChI=1S/C13H14BrNO3/c14-13-10(5-3-6-11(13)15(17)18)8-9-4-1-2-7-12(9)16/h3,5-6,9H,1-2,4,7-8H2. The zero-order valence-corrected chi connectivity index (χ0v) is 11.5. The van der Waals surface area contributed by atoms with Crippen molar-refractivity contribution in [1.82, 2.24) is 0 Å². The van der Waals surface area contributed by atoms with Gasteiger partial charge in [-0.05, 0) is 40.8 Å². The molecule has 5 heteroatoms. The average molecular weight is 312 g/mol. The Kier molecular flexibility index (Phi) is 4.11. The first kappa shape index (κ1) is 13.2. The zero-order valence-electron chi connectivity index (χ0n) is 9.89. The molecule has 1 aliphatic carbocycles. The fraction of sp³-hybridized carbons (Fsp3) is 0.462. The van der Waals surface area contributed by atoms with Crippen LogP contribution >= 0.6 is 15.9 Å². The highest BCUT2D eigenvalue weighted by Gasteiger charge is 2.24. The van der Waals surface area contributed by atoms with E-state index < -0.39 is 4.92 Å². The highest BCUT2D eigenvalue weighted by molar-refractivity contribution is 9.10. The number of nitro groups is 1. The van der Waals surface area contributed by atoms with Crippen molar-refractivity contribution in [2.75, 3.05) is 0 Å². The number of Topliss-reactive ketones (excluding diaryl/α,β-unsaturated/α-hetero) is 1. The van der Waals surface area contributed by atoms with Gasteiger partial charge in [-0.15, -0.1) is 0 Å². The molecule has 1 aromatic carbocycles. The summed E-state index contributed by atoms with van der Waals surface area (Å²) in [4.78, 5) is 22.2. The molecule has 0 heterocycles. The Hall–Kier alpha value is -1.23. The van der Waals surface area contributed by atoms with Gasteiger partial charge in [0.2, 0.25) is 0 Å². The minimum Gasteiger partial charge on any atom is -0.299 e. The lowest BCUT2D eigenvalue weighted by Gasteiger charge is -2.20. The second-order valence-electron chi connectivity index (χ2n) is 4.62. The fourth-order valence-electron chi connectivity index (χ4n) is 2.40. The molecular formula is C13H14BrNO3. The van der Waals surface area contributed by atoms with E-state index in [0.29, 0.717) is 23.1 Å². The molecule has 1 atom stereocenters. The van der Waals surface area contributed by atoms with Crippen LogP contribution in [0.2, 0.25) is 0 Å². The number of nitro benzene ring substituents is 1. The molecule has 0 aliphatic heterocycles. The van der Waals surface area contributed by atoms with Crippen molar-refractivity contribution in [2.24, 2.45) is 5.92 Å². The van der Waals surface area contributed by atoms with E-state index in [1.807, 2.05) is 6.07 Å². The third kappa shape index (κ3) is 2.77. The molecule has 1 aromatic rings. The average Bonchev–Trinajstić information content (AvgIpc) is 2.34. The number of nitrogens with zero attached hydrogens (tertiary/aromatic N) is 1. The molecule has 0 bridgehead atoms. The Labute approximate surface area is 114 Å². The van der Waals surface area contributed by atoms with Gasteiger partial charge in [-0.2, -0.15) is 0 Å². The zero-order chi connectivity index (χ0) is 13.1. The summed E-state index contributed by atoms with van der Waals surface area (Å²) in [5.41, 5.74) is 0.917. The molecular weight excluding hydrogens is 298 g/mol. The highest BCUT2D eigenvalue weighted by Crippen LogP contribution is 2.32. The quantitative estimate of drug-likeness (QED) is 0.632. The predicted molar refractivity (Wildman–Crippen MR) is 71.5 cm³/mol. The van der Waals surface area contributed by atoms with Crippen molar-refractivity contribution >= 4 is 27.4 Å². The van der Waals surface area contributed by atoms with Crippen LogP contribution in [-0.4, -0.2) is 10.7 Å². The molecule has 0 radical (unpaired) electrons. The van der Waals surface area contributed by atoms with Gasteiger partial charge in [0.05, 0.1) is 9.40 Å². The summed E-state index contributed by atoms with van der Waals surface area (Å²) >= 11 is 3.28. The summed E-state index contributed by atoms with van der Waals surface area (Å²) in [6.45, 7) is 0. The molecule has 1 unspecified atom stereocenters. The van der Waals surface area contributed by atoms with Gasteiger partial charge in [0.15, 0.2) is 0 Å². The predicted octanol–water partition coefficient (Wildman–Crippen LogP) is 3.66. The molecule has 96 valence electrons. The van der Waals surface area contributed by atoms with E-state index in [1.165, 1.54) is 6.07 Å². The minimum atomic E-state index is -0.406. The molecule has 1 saturated carbocycles. The lowest BCUT2D eigenvalue weighted by atomic mass is 9.84. The Balaban J connectivity index is 2.21. The van der Waals surface area contributed by atoms with Crippen LogP contribution in [0.4, 0.5) is 5.69 Å². The molecule has 18 heavy (non-hydrogen) atoms. The van der Waals surface area contributed by atoms with Crippen LogP contribution in [-0.2, 0) is 11.2 Å². The van der Waals surface area contributed by atoms with Gasteiger partial charge in [0, 0.05) is 18.4 Å². The maximum Gasteiger partial charge on any atom is 0.283 e. The molecule has 1 fully saturated rings. The number of hydrogen-bond acceptors (Lipinski definition) is 3. The smallest absolute Gasteiger partial charge is 0.283 e. The van der Waals surface area contributed by atoms with E-state index in [1.54, 1.807) is 6.07 Å². The first-order chi connectivity index (χ1) is 8.59. The number of carbonyl (C=O) groups is 1. The SMILES string of the molecule is O=C1CCCCC1Cc1cccc([N+](=O)[O-])c1Br. The summed E-state index contributed by atoms with van der Waals surface area (Å²) in [6, 6.07) is 4.99. The molecule has 1 aliphatic rings. The molecule has 2 rings (SSSR count). The van der Waals surface area contributed by atoms with Gasteiger partial charge < -0.3 is 0 Å². The van der Waals surface area contributed by atoms with Gasteiger partial charge in [0.1, 0.15) is 5.78 Å². The third-order valence-corrected chi connectivity index (χ3v) is 4.32. The van der Waals surface area contributed by atoms with Gasteiger partial charge >= 0.3 is 0 Å². The van der Waals surface area contributed by atoms with Crippen LogP contribution in [0.1, 0.15) is 31.2 Å². The summed E-state index contributed by atoms with van der Waals surface area (Å²) in [5.74, 6) is 0.316. The van der Waals surface area contributed by atoms with Gasteiger partial charge in [-0.25, -0.2) is 0 Å². The third-order valence-electron chi connectivity index (χ3n) is 3.40. The van der Waals surface area contributed by atoms with Gasteiger partial charge in [0.25, 0.3) is 5.69 Å². The second kappa shape index (κ2) is 5.61. The van der Waals surface area contributed by atoms with Crippen molar-refractivity contribution in [1.29, 1.82) is 0 Å². The molecule has 0 saturated heterocycles. The normalized spacial score (nSPS) is 19.8. The van der Waals surface area contributed by atoms with Crippen molar-refractivity contribution < 1.29 is 9.72 Å². The Bertz CT molecular complexity index is 487. The molecule has 0 amide bonds. The number of carbonyl (C=O) groups excluding carboxylic acids is 1. The molecule has 0 aromatic heterocycles. The number of halogens is 1.